The van der Waals surface area contributed by atoms with Crippen LogP contribution in [-0.2, 0) is 14.3 Å². The van der Waals surface area contributed by atoms with E-state index in [4.69, 9.17) is 4.74 Å². The molecule has 2 aromatic carbocycles. The van der Waals surface area contributed by atoms with E-state index in [-0.39, 0.29) is 36.8 Å². The zero-order chi connectivity index (χ0) is 24.3. The highest BCUT2D eigenvalue weighted by molar-refractivity contribution is 5.86. The molecule has 2 aliphatic rings. The summed E-state index contributed by atoms with van der Waals surface area (Å²) in [5.41, 5.74) is 3.33. The molecule has 0 unspecified atom stereocenters. The van der Waals surface area contributed by atoms with E-state index in [0.717, 1.165) is 36.8 Å². The molecule has 2 aromatic rings. The lowest BCUT2D eigenvalue weighted by Crippen LogP contribution is -2.51. The van der Waals surface area contributed by atoms with Crippen LogP contribution in [0.3, 0.4) is 0 Å². The largest absolute Gasteiger partial charge is 0.480 e. The smallest absolute Gasteiger partial charge is 0.407 e. The molecule has 7 heteroatoms. The van der Waals surface area contributed by atoms with Crippen molar-refractivity contribution in [3.8, 4) is 11.1 Å². The molecule has 0 bridgehead atoms. The van der Waals surface area contributed by atoms with Gasteiger partial charge in [-0.25, -0.2) is 9.59 Å². The van der Waals surface area contributed by atoms with Crippen molar-refractivity contribution < 1.29 is 24.2 Å². The summed E-state index contributed by atoms with van der Waals surface area (Å²) in [4.78, 5) is 36.5. The van der Waals surface area contributed by atoms with Gasteiger partial charge in [0.1, 0.15) is 12.1 Å². The summed E-state index contributed by atoms with van der Waals surface area (Å²) in [6.07, 6.45) is 3.20. The van der Waals surface area contributed by atoms with E-state index in [0.29, 0.717) is 0 Å². The van der Waals surface area contributed by atoms with Gasteiger partial charge in [-0.05, 0) is 54.9 Å². The quantitative estimate of drug-likeness (QED) is 0.561. The average Bonchev–Trinajstić information content (AvgIpc) is 3.12. The second-order valence-corrected chi connectivity index (χ2v) is 9.80. The first-order valence-corrected chi connectivity index (χ1v) is 11.9. The number of amides is 2. The summed E-state index contributed by atoms with van der Waals surface area (Å²) in [5.74, 6) is -1.47. The number of aliphatic carboxylic acids is 1. The molecule has 1 saturated carbocycles. The minimum Gasteiger partial charge on any atom is -0.480 e. The topological polar surface area (TPSA) is 105 Å². The van der Waals surface area contributed by atoms with Gasteiger partial charge in [0.05, 0.1) is 0 Å². The molecule has 2 amide bonds. The number of fused-ring (bicyclic) bond motifs is 3. The SMILES string of the molecule is CC(C)(NC(=O)C[C@@H]1CCCC[C@@H]1NC(=O)OCC1c2ccccc2-c2ccccc21)C(=O)O. The zero-order valence-electron chi connectivity index (χ0n) is 19.7. The number of carboxylic acid groups (broad SMARTS) is 1. The van der Waals surface area contributed by atoms with Gasteiger partial charge in [-0.2, -0.15) is 0 Å². The van der Waals surface area contributed by atoms with E-state index >= 15 is 0 Å². The highest BCUT2D eigenvalue weighted by Gasteiger charge is 2.34. The Morgan fingerprint density at radius 1 is 0.971 bits per heavy atom. The number of rotatable bonds is 7. The lowest BCUT2D eigenvalue weighted by molar-refractivity contribution is -0.146. The van der Waals surface area contributed by atoms with E-state index in [2.05, 4.69) is 34.9 Å². The Morgan fingerprint density at radius 3 is 2.18 bits per heavy atom. The maximum atomic E-state index is 12.7. The summed E-state index contributed by atoms with van der Waals surface area (Å²) in [7, 11) is 0. The van der Waals surface area contributed by atoms with E-state index < -0.39 is 17.6 Å². The minimum absolute atomic E-state index is 0.00988. The van der Waals surface area contributed by atoms with Gasteiger partial charge in [0.15, 0.2) is 0 Å². The van der Waals surface area contributed by atoms with Crippen molar-refractivity contribution in [1.82, 2.24) is 10.6 Å². The number of carbonyl (C=O) groups excluding carboxylic acids is 2. The van der Waals surface area contributed by atoms with Gasteiger partial charge in [-0.1, -0.05) is 61.4 Å². The second kappa shape index (κ2) is 9.87. The lowest BCUT2D eigenvalue weighted by Gasteiger charge is -2.32. The number of hydrogen-bond acceptors (Lipinski definition) is 4. The third-order valence-corrected chi connectivity index (χ3v) is 6.99. The maximum absolute atomic E-state index is 12.7. The predicted octanol–water partition coefficient (Wildman–Crippen LogP) is 4.45. The Kier molecular flexibility index (Phi) is 6.91. The number of carboxylic acids is 1. The van der Waals surface area contributed by atoms with Crippen LogP contribution in [0.1, 0.15) is 63.0 Å². The molecular weight excluding hydrogens is 432 g/mol. The van der Waals surface area contributed by atoms with Crippen LogP contribution in [0.15, 0.2) is 48.5 Å². The van der Waals surface area contributed by atoms with Crippen molar-refractivity contribution in [2.24, 2.45) is 5.92 Å². The Morgan fingerprint density at radius 2 is 1.56 bits per heavy atom. The first-order chi connectivity index (χ1) is 16.3. The van der Waals surface area contributed by atoms with Gasteiger partial charge in [0.2, 0.25) is 5.91 Å². The van der Waals surface area contributed by atoms with Crippen LogP contribution in [0.25, 0.3) is 11.1 Å². The summed E-state index contributed by atoms with van der Waals surface area (Å²) >= 11 is 0. The first kappa shape index (κ1) is 23.8. The number of benzene rings is 2. The highest BCUT2D eigenvalue weighted by atomic mass is 16.5. The van der Waals surface area contributed by atoms with Crippen LogP contribution in [0.2, 0.25) is 0 Å². The Bertz CT molecular complexity index is 1030. The fourth-order valence-corrected chi connectivity index (χ4v) is 5.12. The van der Waals surface area contributed by atoms with Crippen molar-refractivity contribution in [2.45, 2.75) is 63.5 Å². The summed E-state index contributed by atoms with van der Waals surface area (Å²) in [6, 6.07) is 16.2. The maximum Gasteiger partial charge on any atom is 0.407 e. The van der Waals surface area contributed by atoms with Crippen molar-refractivity contribution in [3.05, 3.63) is 59.7 Å². The van der Waals surface area contributed by atoms with Gasteiger partial charge in [-0.15, -0.1) is 0 Å². The Balaban J connectivity index is 1.36. The predicted molar refractivity (Wildman–Crippen MR) is 128 cm³/mol. The second-order valence-electron chi connectivity index (χ2n) is 9.80. The number of hydrogen-bond donors (Lipinski definition) is 3. The van der Waals surface area contributed by atoms with Crippen molar-refractivity contribution in [2.75, 3.05) is 6.61 Å². The first-order valence-electron chi connectivity index (χ1n) is 11.9. The highest BCUT2D eigenvalue weighted by Crippen LogP contribution is 2.44. The Hall–Kier alpha value is -3.35. The molecule has 4 rings (SSSR count). The number of alkyl carbamates (subject to hydrolysis) is 1. The van der Waals surface area contributed by atoms with Gasteiger partial charge < -0.3 is 20.5 Å². The van der Waals surface area contributed by atoms with Crippen LogP contribution < -0.4 is 10.6 Å². The molecule has 0 aromatic heterocycles. The van der Waals surface area contributed by atoms with Crippen LogP contribution in [0.4, 0.5) is 4.79 Å². The summed E-state index contributed by atoms with van der Waals surface area (Å²) in [6.45, 7) is 3.16. The van der Waals surface area contributed by atoms with E-state index in [1.807, 2.05) is 24.3 Å². The van der Waals surface area contributed by atoms with Crippen molar-refractivity contribution in [1.29, 1.82) is 0 Å². The molecule has 0 spiro atoms. The standard InChI is InChI=1S/C27H32N2O5/c1-27(2,25(31)32)29-24(30)15-17-9-3-8-14-23(17)28-26(33)34-16-22-20-12-6-4-10-18(20)19-11-5-7-13-21(19)22/h4-7,10-13,17,22-23H,3,8-9,14-16H2,1-2H3,(H,28,33)(H,29,30)(H,31,32)/t17-,23-/m0/s1. The van der Waals surface area contributed by atoms with Crippen molar-refractivity contribution >= 4 is 18.0 Å². The molecule has 34 heavy (non-hydrogen) atoms. The molecule has 3 N–H and O–H groups in total. The molecule has 0 saturated heterocycles. The Labute approximate surface area is 199 Å². The summed E-state index contributed by atoms with van der Waals surface area (Å²) in [5, 5.41) is 14.8. The van der Waals surface area contributed by atoms with E-state index in [9.17, 15) is 19.5 Å². The third-order valence-electron chi connectivity index (χ3n) is 6.99. The number of ether oxygens (including phenoxy) is 1. The zero-order valence-corrected chi connectivity index (χ0v) is 19.7. The molecular formula is C27H32N2O5. The fraction of sp³-hybridized carbons (Fsp3) is 0.444. The molecule has 0 aliphatic heterocycles. The molecule has 2 aliphatic carbocycles. The van der Waals surface area contributed by atoms with Gasteiger partial charge in [0.25, 0.3) is 0 Å². The van der Waals surface area contributed by atoms with Crippen LogP contribution in [0, 0.1) is 5.92 Å². The molecule has 0 heterocycles. The molecule has 1 fully saturated rings. The number of nitrogens with one attached hydrogen (secondary N) is 2. The molecule has 0 radical (unpaired) electrons. The van der Waals surface area contributed by atoms with Gasteiger partial charge in [0, 0.05) is 18.4 Å². The van der Waals surface area contributed by atoms with E-state index in [1.165, 1.54) is 25.0 Å². The third kappa shape index (κ3) is 5.08. The van der Waals surface area contributed by atoms with Crippen LogP contribution in [0.5, 0.6) is 0 Å². The van der Waals surface area contributed by atoms with Gasteiger partial charge in [-0.3, -0.25) is 4.79 Å². The minimum atomic E-state index is -1.33. The van der Waals surface area contributed by atoms with E-state index in [1.54, 1.807) is 0 Å². The molecule has 180 valence electrons. The monoisotopic (exact) mass is 464 g/mol. The lowest BCUT2D eigenvalue weighted by atomic mass is 9.82. The molecule has 2 atom stereocenters. The van der Waals surface area contributed by atoms with Crippen LogP contribution in [-0.4, -0.2) is 41.3 Å². The van der Waals surface area contributed by atoms with Crippen molar-refractivity contribution in [3.63, 3.8) is 0 Å². The normalized spacial score (nSPS) is 19.6. The average molecular weight is 465 g/mol. The van der Waals surface area contributed by atoms with Gasteiger partial charge >= 0.3 is 12.1 Å². The summed E-state index contributed by atoms with van der Waals surface area (Å²) < 4.78 is 5.68. The fourth-order valence-electron chi connectivity index (χ4n) is 5.12. The molecule has 7 nitrogen and oxygen atoms in total. The number of carbonyl (C=O) groups is 3. The van der Waals surface area contributed by atoms with Crippen LogP contribution >= 0.6 is 0 Å².